The van der Waals surface area contributed by atoms with Crippen molar-refractivity contribution in [3.8, 4) is 0 Å². The third-order valence-corrected chi connectivity index (χ3v) is 6.94. The van der Waals surface area contributed by atoms with Crippen molar-refractivity contribution in [1.82, 2.24) is 24.9 Å². The van der Waals surface area contributed by atoms with Gasteiger partial charge in [-0.15, -0.1) is 0 Å². The minimum atomic E-state index is -3.31. The van der Waals surface area contributed by atoms with Gasteiger partial charge in [0.1, 0.15) is 0 Å². The van der Waals surface area contributed by atoms with Crippen LogP contribution in [0.15, 0.2) is 30.3 Å². The number of nitrogens with zero attached hydrogens (tertiary/aromatic N) is 5. The molecule has 0 unspecified atom stereocenters. The summed E-state index contributed by atoms with van der Waals surface area (Å²) in [4.78, 5) is 2.05. The molecule has 0 radical (unpaired) electrons. The fourth-order valence-electron chi connectivity index (χ4n) is 4.71. The Kier molecular flexibility index (Phi) is 6.35. The Balaban J connectivity index is 1.38. The van der Waals surface area contributed by atoms with Crippen molar-refractivity contribution in [1.29, 1.82) is 0 Å². The van der Waals surface area contributed by atoms with Gasteiger partial charge in [-0.3, -0.25) is 0 Å². The second kappa shape index (κ2) is 8.99. The average molecular weight is 435 g/mol. The third kappa shape index (κ3) is 4.98. The molecule has 4 rings (SSSR count). The maximum Gasteiger partial charge on any atom is 0.245 e. The van der Waals surface area contributed by atoms with Crippen LogP contribution in [0.2, 0.25) is 0 Å². The Morgan fingerprint density at radius 1 is 1.13 bits per heavy atom. The van der Waals surface area contributed by atoms with Crippen LogP contribution in [0.3, 0.4) is 0 Å². The number of ether oxygens (including phenoxy) is 1. The molecule has 2 atom stereocenters. The number of sulfonamides is 1. The lowest BCUT2D eigenvalue weighted by molar-refractivity contribution is 0.0155. The van der Waals surface area contributed by atoms with Crippen molar-refractivity contribution >= 4 is 16.0 Å². The SMILES string of the molecule is Cn1nnnc1N1CC[C@H](NS(C)(=O)=O)[C@@H]1COC1CCC(c2ccccc2)CC1. The van der Waals surface area contributed by atoms with Crippen molar-refractivity contribution in [2.75, 3.05) is 24.3 Å². The van der Waals surface area contributed by atoms with Gasteiger partial charge in [-0.1, -0.05) is 35.4 Å². The van der Waals surface area contributed by atoms with Crippen molar-refractivity contribution in [2.45, 2.75) is 56.2 Å². The summed E-state index contributed by atoms with van der Waals surface area (Å²) in [6, 6.07) is 10.3. The highest BCUT2D eigenvalue weighted by molar-refractivity contribution is 7.88. The molecular weight excluding hydrogens is 404 g/mol. The summed E-state index contributed by atoms with van der Waals surface area (Å²) < 4.78 is 34.4. The molecule has 1 aromatic heterocycles. The van der Waals surface area contributed by atoms with Gasteiger partial charge in [0.05, 0.1) is 25.0 Å². The quantitative estimate of drug-likeness (QED) is 0.704. The Morgan fingerprint density at radius 2 is 1.87 bits per heavy atom. The van der Waals surface area contributed by atoms with E-state index >= 15 is 0 Å². The Morgan fingerprint density at radius 3 is 2.50 bits per heavy atom. The van der Waals surface area contributed by atoms with Gasteiger partial charge in [0.25, 0.3) is 0 Å². The molecule has 0 bridgehead atoms. The third-order valence-electron chi connectivity index (χ3n) is 6.21. The van der Waals surface area contributed by atoms with E-state index in [-0.39, 0.29) is 18.2 Å². The fraction of sp³-hybridized carbons (Fsp3) is 0.650. The minimum Gasteiger partial charge on any atom is -0.376 e. The van der Waals surface area contributed by atoms with Crippen LogP contribution in [-0.2, 0) is 21.8 Å². The molecule has 1 saturated heterocycles. The van der Waals surface area contributed by atoms with E-state index in [2.05, 4.69) is 55.5 Å². The topological polar surface area (TPSA) is 102 Å². The molecule has 1 N–H and O–H groups in total. The summed E-state index contributed by atoms with van der Waals surface area (Å²) in [5, 5.41) is 11.8. The highest BCUT2D eigenvalue weighted by Gasteiger charge is 2.39. The van der Waals surface area contributed by atoms with Gasteiger partial charge < -0.3 is 9.64 Å². The first-order valence-electron chi connectivity index (χ1n) is 10.5. The van der Waals surface area contributed by atoms with Crippen LogP contribution >= 0.6 is 0 Å². The van der Waals surface area contributed by atoms with Crippen molar-refractivity contribution in [3.63, 3.8) is 0 Å². The zero-order valence-electron chi connectivity index (χ0n) is 17.5. The molecule has 1 aromatic carbocycles. The van der Waals surface area contributed by atoms with E-state index in [1.54, 1.807) is 11.7 Å². The molecule has 2 heterocycles. The molecule has 30 heavy (non-hydrogen) atoms. The summed E-state index contributed by atoms with van der Waals surface area (Å²) >= 11 is 0. The first-order valence-corrected chi connectivity index (χ1v) is 12.4. The smallest absolute Gasteiger partial charge is 0.245 e. The number of benzene rings is 1. The molecule has 164 valence electrons. The Hall–Kier alpha value is -2.04. The predicted molar refractivity (Wildman–Crippen MR) is 114 cm³/mol. The molecular formula is C20H30N6O3S. The van der Waals surface area contributed by atoms with E-state index in [1.807, 2.05) is 0 Å². The van der Waals surface area contributed by atoms with Gasteiger partial charge in [-0.25, -0.2) is 17.8 Å². The number of rotatable bonds is 7. The number of nitrogens with one attached hydrogen (secondary N) is 1. The minimum absolute atomic E-state index is 0.142. The summed E-state index contributed by atoms with van der Waals surface area (Å²) in [5.74, 6) is 1.23. The Bertz CT molecular complexity index is 927. The molecule has 0 amide bonds. The lowest BCUT2D eigenvalue weighted by Crippen LogP contribution is -2.48. The average Bonchev–Trinajstić information content (AvgIpc) is 3.31. The molecule has 2 fully saturated rings. The molecule has 1 aliphatic heterocycles. The summed E-state index contributed by atoms with van der Waals surface area (Å²) in [7, 11) is -1.53. The van der Waals surface area contributed by atoms with Crippen LogP contribution in [0.4, 0.5) is 5.95 Å². The van der Waals surface area contributed by atoms with E-state index in [0.717, 1.165) is 25.7 Å². The molecule has 2 aliphatic rings. The maximum atomic E-state index is 11.9. The predicted octanol–water partition coefficient (Wildman–Crippen LogP) is 1.45. The molecule has 1 saturated carbocycles. The van der Waals surface area contributed by atoms with Crippen LogP contribution < -0.4 is 9.62 Å². The molecule has 2 aromatic rings. The number of hydrogen-bond donors (Lipinski definition) is 1. The van der Waals surface area contributed by atoms with E-state index in [1.165, 1.54) is 11.8 Å². The first-order chi connectivity index (χ1) is 14.4. The lowest BCUT2D eigenvalue weighted by atomic mass is 9.83. The maximum absolute atomic E-state index is 11.9. The standard InChI is InChI=1S/C20H30N6O3S/c1-25-20(21-23-24-25)26-13-12-18(22-30(2,27)28)19(26)14-29-17-10-8-16(9-11-17)15-6-4-3-5-7-15/h3-7,16-19,22H,8-14H2,1-2H3/t16?,17?,18-,19-/m0/s1. The summed E-state index contributed by atoms with van der Waals surface area (Å²) in [6.45, 7) is 1.12. The molecule has 10 heteroatoms. The van der Waals surface area contributed by atoms with Gasteiger partial charge in [-0.2, -0.15) is 0 Å². The first kappa shape index (κ1) is 21.2. The van der Waals surface area contributed by atoms with Crippen LogP contribution in [0, 0.1) is 0 Å². The van der Waals surface area contributed by atoms with E-state index in [9.17, 15) is 8.42 Å². The molecule has 0 spiro atoms. The number of hydrogen-bond acceptors (Lipinski definition) is 7. The van der Waals surface area contributed by atoms with Crippen molar-refractivity contribution in [2.24, 2.45) is 7.05 Å². The fourth-order valence-corrected chi connectivity index (χ4v) is 5.54. The number of tetrazole rings is 1. The molecule has 1 aliphatic carbocycles. The normalized spacial score (nSPS) is 27.5. The summed E-state index contributed by atoms with van der Waals surface area (Å²) in [5.41, 5.74) is 1.41. The van der Waals surface area contributed by atoms with Gasteiger partial charge >= 0.3 is 0 Å². The van der Waals surface area contributed by atoms with E-state index < -0.39 is 10.0 Å². The van der Waals surface area contributed by atoms with Crippen molar-refractivity contribution in [3.05, 3.63) is 35.9 Å². The van der Waals surface area contributed by atoms with Gasteiger partial charge in [0.15, 0.2) is 0 Å². The summed E-state index contributed by atoms with van der Waals surface area (Å²) in [6.07, 6.45) is 6.34. The van der Waals surface area contributed by atoms with E-state index in [4.69, 9.17) is 4.74 Å². The van der Waals surface area contributed by atoms with Crippen molar-refractivity contribution < 1.29 is 13.2 Å². The zero-order valence-corrected chi connectivity index (χ0v) is 18.3. The monoisotopic (exact) mass is 434 g/mol. The highest BCUT2D eigenvalue weighted by atomic mass is 32.2. The van der Waals surface area contributed by atoms with Crippen LogP contribution in [0.25, 0.3) is 0 Å². The second-order valence-electron chi connectivity index (χ2n) is 8.37. The lowest BCUT2D eigenvalue weighted by Gasteiger charge is -2.32. The number of aryl methyl sites for hydroxylation is 1. The van der Waals surface area contributed by atoms with Crippen LogP contribution in [-0.4, -0.2) is 66.2 Å². The highest BCUT2D eigenvalue weighted by Crippen LogP contribution is 2.34. The van der Waals surface area contributed by atoms with Gasteiger partial charge in [-0.05, 0) is 54.0 Å². The van der Waals surface area contributed by atoms with Gasteiger partial charge in [0, 0.05) is 19.6 Å². The van der Waals surface area contributed by atoms with E-state index in [0.29, 0.717) is 31.4 Å². The van der Waals surface area contributed by atoms with Crippen LogP contribution in [0.5, 0.6) is 0 Å². The molecule has 9 nitrogen and oxygen atoms in total. The Labute approximate surface area is 177 Å². The largest absolute Gasteiger partial charge is 0.376 e. The zero-order chi connectivity index (χ0) is 21.1. The number of aromatic nitrogens is 4. The van der Waals surface area contributed by atoms with Crippen LogP contribution in [0.1, 0.15) is 43.6 Å². The second-order valence-corrected chi connectivity index (χ2v) is 10.1. The number of anilines is 1. The van der Waals surface area contributed by atoms with Gasteiger partial charge in [0.2, 0.25) is 16.0 Å².